The molecule has 3 aromatic carbocycles. The third kappa shape index (κ3) is 4.79. The van der Waals surface area contributed by atoms with Gasteiger partial charge in [0.1, 0.15) is 10.6 Å². The Morgan fingerprint density at radius 1 is 1.00 bits per heavy atom. The van der Waals surface area contributed by atoms with Crippen LogP contribution in [-0.4, -0.2) is 27.5 Å². The fourth-order valence-electron chi connectivity index (χ4n) is 4.19. The second kappa shape index (κ2) is 9.30. The van der Waals surface area contributed by atoms with Gasteiger partial charge in [0.2, 0.25) is 10.0 Å². The molecule has 1 fully saturated rings. The quantitative estimate of drug-likeness (QED) is 0.550. The fraction of sp³-hybridized carbons (Fsp3) is 0.320. The Hall–Kier alpha value is -2.90. The van der Waals surface area contributed by atoms with Gasteiger partial charge in [0.05, 0.1) is 13.2 Å². The fourth-order valence-corrected chi connectivity index (χ4v) is 5.69. The van der Waals surface area contributed by atoms with Crippen molar-refractivity contribution in [3.05, 3.63) is 71.8 Å². The molecule has 168 valence electrons. The Morgan fingerprint density at radius 3 is 2.44 bits per heavy atom. The first-order valence-corrected chi connectivity index (χ1v) is 12.4. The first-order valence-electron chi connectivity index (χ1n) is 10.9. The zero-order valence-electron chi connectivity index (χ0n) is 18.3. The summed E-state index contributed by atoms with van der Waals surface area (Å²) in [4.78, 5) is 12.9. The Labute approximate surface area is 189 Å². The number of carbonyl (C=O) groups excluding carboxylic acids is 1. The number of nitrogens with one attached hydrogen (secondary N) is 2. The highest BCUT2D eigenvalue weighted by atomic mass is 32.2. The maximum atomic E-state index is 13.0. The van der Waals surface area contributed by atoms with E-state index in [0.29, 0.717) is 0 Å². The molecule has 2 N–H and O–H groups in total. The van der Waals surface area contributed by atoms with E-state index in [9.17, 15) is 13.2 Å². The number of hydrogen-bond acceptors (Lipinski definition) is 4. The lowest BCUT2D eigenvalue weighted by Crippen LogP contribution is -2.33. The van der Waals surface area contributed by atoms with Crippen LogP contribution >= 0.6 is 0 Å². The van der Waals surface area contributed by atoms with Gasteiger partial charge in [0.25, 0.3) is 5.91 Å². The number of amides is 1. The summed E-state index contributed by atoms with van der Waals surface area (Å²) in [7, 11) is -2.38. The molecule has 3 aromatic rings. The molecular formula is C25H28N2O4S. The zero-order valence-corrected chi connectivity index (χ0v) is 19.1. The molecule has 1 aliphatic carbocycles. The molecule has 7 heteroatoms. The Kier molecular flexibility index (Phi) is 6.48. The van der Waals surface area contributed by atoms with Crippen LogP contribution < -0.4 is 14.8 Å². The van der Waals surface area contributed by atoms with Gasteiger partial charge in [0.15, 0.2) is 0 Å². The lowest BCUT2D eigenvalue weighted by Gasteiger charge is -2.17. The van der Waals surface area contributed by atoms with E-state index in [1.54, 1.807) is 6.07 Å². The van der Waals surface area contributed by atoms with Gasteiger partial charge in [-0.05, 0) is 60.4 Å². The van der Waals surface area contributed by atoms with E-state index in [2.05, 4.69) is 16.1 Å². The highest BCUT2D eigenvalue weighted by Gasteiger charge is 2.27. The summed E-state index contributed by atoms with van der Waals surface area (Å²) in [6, 6.07) is 18.3. The molecule has 1 saturated carbocycles. The minimum Gasteiger partial charge on any atom is -0.495 e. The van der Waals surface area contributed by atoms with E-state index in [-0.39, 0.29) is 34.2 Å². The van der Waals surface area contributed by atoms with Gasteiger partial charge < -0.3 is 10.1 Å². The maximum absolute atomic E-state index is 13.0. The summed E-state index contributed by atoms with van der Waals surface area (Å²) in [5.74, 6) is -0.125. The van der Waals surface area contributed by atoms with Crippen molar-refractivity contribution in [2.45, 2.75) is 49.6 Å². The number of fused-ring (bicyclic) bond motifs is 1. The number of hydrogen-bond donors (Lipinski definition) is 2. The monoisotopic (exact) mass is 452 g/mol. The number of ether oxygens (including phenoxy) is 1. The van der Waals surface area contributed by atoms with Crippen LogP contribution in [0.2, 0.25) is 0 Å². The summed E-state index contributed by atoms with van der Waals surface area (Å²) in [6.45, 7) is 1.91. The minimum absolute atomic E-state index is 0.0158. The highest BCUT2D eigenvalue weighted by Crippen LogP contribution is 2.28. The first kappa shape index (κ1) is 22.3. The zero-order chi connectivity index (χ0) is 22.7. The molecule has 1 unspecified atom stereocenters. The van der Waals surface area contributed by atoms with E-state index < -0.39 is 10.0 Å². The molecule has 0 heterocycles. The summed E-state index contributed by atoms with van der Waals surface area (Å²) in [5.41, 5.74) is 1.24. The van der Waals surface area contributed by atoms with E-state index >= 15 is 0 Å². The topological polar surface area (TPSA) is 84.5 Å². The Morgan fingerprint density at radius 2 is 1.72 bits per heavy atom. The molecule has 1 amide bonds. The number of benzene rings is 3. The average Bonchev–Trinajstić information content (AvgIpc) is 3.30. The maximum Gasteiger partial charge on any atom is 0.251 e. The van der Waals surface area contributed by atoms with Gasteiger partial charge in [0, 0.05) is 11.6 Å². The van der Waals surface area contributed by atoms with Gasteiger partial charge in [-0.25, -0.2) is 13.1 Å². The molecule has 0 aromatic heterocycles. The second-order valence-electron chi connectivity index (χ2n) is 8.27. The van der Waals surface area contributed by atoms with Gasteiger partial charge in [-0.3, -0.25) is 4.79 Å². The van der Waals surface area contributed by atoms with Crippen LogP contribution in [0.25, 0.3) is 10.8 Å². The lowest BCUT2D eigenvalue weighted by atomic mass is 10.0. The number of carbonyl (C=O) groups is 1. The third-order valence-electron chi connectivity index (χ3n) is 6.01. The third-order valence-corrected chi connectivity index (χ3v) is 7.56. The first-order chi connectivity index (χ1) is 15.4. The van der Waals surface area contributed by atoms with Gasteiger partial charge >= 0.3 is 0 Å². The summed E-state index contributed by atoms with van der Waals surface area (Å²) in [5, 5.41) is 5.20. The summed E-state index contributed by atoms with van der Waals surface area (Å²) in [6.07, 6.45) is 3.68. The van der Waals surface area contributed by atoms with Gasteiger partial charge in [-0.2, -0.15) is 0 Å². The van der Waals surface area contributed by atoms with Crippen LogP contribution in [0.15, 0.2) is 65.6 Å². The number of sulfonamides is 1. The van der Waals surface area contributed by atoms with Crippen LogP contribution in [0.5, 0.6) is 5.75 Å². The standard InChI is InChI=1S/C25H28N2O4S/c1-17(19-12-11-18-7-3-4-8-20(18)15-19)26-25(28)21-13-14-23(31-2)24(16-21)32(29,30)27-22-9-5-6-10-22/h3-4,7-8,11-17,22,27H,5-6,9-10H2,1-2H3,(H,26,28). The number of methoxy groups -OCH3 is 1. The largest absolute Gasteiger partial charge is 0.495 e. The van der Waals surface area contributed by atoms with Crippen molar-refractivity contribution in [3.63, 3.8) is 0 Å². The van der Waals surface area contributed by atoms with Gasteiger partial charge in [-0.1, -0.05) is 49.2 Å². The van der Waals surface area contributed by atoms with Crippen LogP contribution in [0.4, 0.5) is 0 Å². The van der Waals surface area contributed by atoms with E-state index in [0.717, 1.165) is 42.0 Å². The van der Waals surface area contributed by atoms with Crippen LogP contribution in [-0.2, 0) is 10.0 Å². The van der Waals surface area contributed by atoms with E-state index in [1.807, 2.05) is 43.3 Å². The van der Waals surface area contributed by atoms with Crippen LogP contribution in [0, 0.1) is 0 Å². The predicted molar refractivity (Wildman–Crippen MR) is 125 cm³/mol. The molecule has 1 atom stereocenters. The molecule has 32 heavy (non-hydrogen) atoms. The van der Waals surface area contributed by atoms with Crippen LogP contribution in [0.3, 0.4) is 0 Å². The van der Waals surface area contributed by atoms with Gasteiger partial charge in [-0.15, -0.1) is 0 Å². The SMILES string of the molecule is COc1ccc(C(=O)NC(C)c2ccc3ccccc3c2)cc1S(=O)(=O)NC1CCCC1. The molecule has 0 bridgehead atoms. The van der Waals surface area contributed by atoms with Crippen molar-refractivity contribution in [2.75, 3.05) is 7.11 Å². The molecule has 1 aliphatic rings. The normalized spacial score (nSPS) is 15.6. The molecular weight excluding hydrogens is 424 g/mol. The second-order valence-corrected chi connectivity index (χ2v) is 9.95. The van der Waals surface area contributed by atoms with Crippen molar-refractivity contribution in [2.24, 2.45) is 0 Å². The minimum atomic E-state index is -3.80. The van der Waals surface area contributed by atoms with Crippen molar-refractivity contribution in [1.29, 1.82) is 0 Å². The predicted octanol–water partition coefficient (Wildman–Crippen LogP) is 4.56. The number of rotatable bonds is 7. The Balaban J connectivity index is 1.55. The molecule has 0 spiro atoms. The van der Waals surface area contributed by atoms with Crippen molar-refractivity contribution >= 4 is 26.7 Å². The van der Waals surface area contributed by atoms with Crippen molar-refractivity contribution in [1.82, 2.24) is 10.0 Å². The summed E-state index contributed by atoms with van der Waals surface area (Å²) >= 11 is 0. The van der Waals surface area contributed by atoms with Crippen molar-refractivity contribution < 1.29 is 17.9 Å². The lowest BCUT2D eigenvalue weighted by molar-refractivity contribution is 0.0939. The summed E-state index contributed by atoms with van der Waals surface area (Å²) < 4.78 is 34.0. The molecule has 0 aliphatic heterocycles. The molecule has 6 nitrogen and oxygen atoms in total. The molecule has 0 radical (unpaired) electrons. The highest BCUT2D eigenvalue weighted by molar-refractivity contribution is 7.89. The van der Waals surface area contributed by atoms with E-state index in [1.165, 1.54) is 19.2 Å². The molecule has 0 saturated heterocycles. The van der Waals surface area contributed by atoms with E-state index in [4.69, 9.17) is 4.74 Å². The Bertz CT molecular complexity index is 1230. The average molecular weight is 453 g/mol. The van der Waals surface area contributed by atoms with Crippen LogP contribution in [0.1, 0.15) is 54.6 Å². The van der Waals surface area contributed by atoms with Crippen molar-refractivity contribution in [3.8, 4) is 5.75 Å². The molecule has 4 rings (SSSR count). The smallest absolute Gasteiger partial charge is 0.251 e.